The fourth-order valence-corrected chi connectivity index (χ4v) is 0.781. The van der Waals surface area contributed by atoms with Crippen LogP contribution in [0.2, 0.25) is 0 Å². The Balaban J connectivity index is 2.74. The van der Waals surface area contributed by atoms with Gasteiger partial charge in [0.1, 0.15) is 0 Å². The summed E-state index contributed by atoms with van der Waals surface area (Å²) in [6, 6.07) is 5.68. The predicted molar refractivity (Wildman–Crippen MR) is 44.1 cm³/mol. The zero-order valence-electron chi connectivity index (χ0n) is 7.03. The number of hydrogen-bond donors (Lipinski definition) is 1. The van der Waals surface area contributed by atoms with Gasteiger partial charge in [-0.1, -0.05) is 12.1 Å². The molecule has 4 heteroatoms. The predicted octanol–water partition coefficient (Wildman–Crippen LogP) is 1.68. The second-order valence-corrected chi connectivity index (χ2v) is 2.53. The van der Waals surface area contributed by atoms with Crippen molar-refractivity contribution in [1.29, 1.82) is 0 Å². The number of rotatable bonds is 3. The summed E-state index contributed by atoms with van der Waals surface area (Å²) in [4.78, 5) is 10.4. The molecule has 1 atom stereocenters. The first-order valence-corrected chi connectivity index (χ1v) is 3.75. The molecular formula is C9H9FO3. The maximum atomic E-state index is 12.9. The Bertz CT molecular complexity index is 311. The van der Waals surface area contributed by atoms with Crippen LogP contribution in [-0.2, 0) is 4.79 Å². The Hall–Kier alpha value is -1.58. The minimum absolute atomic E-state index is 0.0441. The number of carboxylic acid groups (broad SMARTS) is 1. The molecule has 1 aromatic rings. The fraction of sp³-hybridized carbons (Fsp3) is 0.222. The first-order chi connectivity index (χ1) is 6.11. The van der Waals surface area contributed by atoms with Crippen molar-refractivity contribution in [3.05, 3.63) is 30.1 Å². The lowest BCUT2D eigenvalue weighted by Gasteiger charge is -2.10. The van der Waals surface area contributed by atoms with Crippen LogP contribution in [-0.4, -0.2) is 17.2 Å². The van der Waals surface area contributed by atoms with Crippen molar-refractivity contribution < 1.29 is 19.0 Å². The highest BCUT2D eigenvalue weighted by Crippen LogP contribution is 2.16. The first kappa shape index (κ1) is 9.51. The van der Waals surface area contributed by atoms with Crippen molar-refractivity contribution in [3.63, 3.8) is 0 Å². The molecule has 1 aromatic carbocycles. The lowest BCUT2D eigenvalue weighted by molar-refractivity contribution is -0.144. The maximum absolute atomic E-state index is 12.9. The molecule has 0 aliphatic carbocycles. The molecule has 0 fully saturated rings. The molecule has 3 nitrogen and oxygen atoms in total. The molecule has 0 bridgehead atoms. The Morgan fingerprint density at radius 2 is 2.15 bits per heavy atom. The number of hydrogen-bond acceptors (Lipinski definition) is 2. The Morgan fingerprint density at radius 1 is 1.54 bits per heavy atom. The van der Waals surface area contributed by atoms with Crippen LogP contribution in [0.3, 0.4) is 0 Å². The lowest BCUT2D eigenvalue weighted by Crippen LogP contribution is -2.23. The molecule has 0 amide bonds. The van der Waals surface area contributed by atoms with Gasteiger partial charge in [-0.05, 0) is 19.1 Å². The Kier molecular flexibility index (Phi) is 2.84. The molecule has 0 saturated heterocycles. The molecule has 0 aliphatic rings. The number of halogens is 1. The van der Waals surface area contributed by atoms with Gasteiger partial charge in [0.25, 0.3) is 0 Å². The molecular weight excluding hydrogens is 175 g/mol. The number of aliphatic carboxylic acids is 1. The van der Waals surface area contributed by atoms with Crippen LogP contribution >= 0.6 is 0 Å². The van der Waals surface area contributed by atoms with Gasteiger partial charge >= 0.3 is 5.97 Å². The van der Waals surface area contributed by atoms with Crippen LogP contribution in [0.1, 0.15) is 6.92 Å². The van der Waals surface area contributed by atoms with Gasteiger partial charge < -0.3 is 9.84 Å². The zero-order chi connectivity index (χ0) is 9.84. The summed E-state index contributed by atoms with van der Waals surface area (Å²) in [5, 5.41) is 8.49. The van der Waals surface area contributed by atoms with Crippen LogP contribution in [0.4, 0.5) is 4.39 Å². The van der Waals surface area contributed by atoms with Gasteiger partial charge in [-0.25, -0.2) is 9.18 Å². The third-order valence-electron chi connectivity index (χ3n) is 1.49. The van der Waals surface area contributed by atoms with Gasteiger partial charge in [0.05, 0.1) is 0 Å². The number of carbonyl (C=O) groups is 1. The summed E-state index contributed by atoms with van der Waals surface area (Å²) in [7, 11) is 0. The lowest BCUT2D eigenvalue weighted by atomic mass is 10.3. The topological polar surface area (TPSA) is 46.5 Å². The van der Waals surface area contributed by atoms with E-state index in [0.717, 1.165) is 0 Å². The molecule has 0 saturated carbocycles. The van der Waals surface area contributed by atoms with Crippen molar-refractivity contribution in [3.8, 4) is 5.75 Å². The quantitative estimate of drug-likeness (QED) is 0.777. The number of para-hydroxylation sites is 1. The SMILES string of the molecule is C[C@H](Oc1ccccc1F)C(=O)O. The van der Waals surface area contributed by atoms with Crippen molar-refractivity contribution in [1.82, 2.24) is 0 Å². The molecule has 1 rings (SSSR count). The summed E-state index contributed by atoms with van der Waals surface area (Å²) < 4.78 is 17.7. The van der Waals surface area contributed by atoms with E-state index in [1.54, 1.807) is 6.07 Å². The molecule has 0 heterocycles. The molecule has 0 spiro atoms. The van der Waals surface area contributed by atoms with Crippen molar-refractivity contribution >= 4 is 5.97 Å². The smallest absolute Gasteiger partial charge is 0.344 e. The summed E-state index contributed by atoms with van der Waals surface area (Å²) in [6.07, 6.45) is -1.04. The van der Waals surface area contributed by atoms with E-state index in [1.165, 1.54) is 25.1 Å². The Morgan fingerprint density at radius 3 is 2.69 bits per heavy atom. The largest absolute Gasteiger partial charge is 0.479 e. The molecule has 0 radical (unpaired) electrons. The molecule has 70 valence electrons. The number of ether oxygens (including phenoxy) is 1. The van der Waals surface area contributed by atoms with Crippen LogP contribution in [0.5, 0.6) is 5.75 Å². The van der Waals surface area contributed by atoms with Gasteiger partial charge in [0.15, 0.2) is 17.7 Å². The second kappa shape index (κ2) is 3.89. The molecule has 0 aromatic heterocycles. The van der Waals surface area contributed by atoms with E-state index >= 15 is 0 Å². The Labute approximate surface area is 74.8 Å². The van der Waals surface area contributed by atoms with Crippen molar-refractivity contribution in [2.45, 2.75) is 13.0 Å². The number of benzene rings is 1. The standard InChI is InChI=1S/C9H9FO3/c1-6(9(11)12)13-8-5-3-2-4-7(8)10/h2-6H,1H3,(H,11,12)/t6-/m0/s1. The summed E-state index contributed by atoms with van der Waals surface area (Å²) in [5.41, 5.74) is 0. The van der Waals surface area contributed by atoms with E-state index in [-0.39, 0.29) is 5.75 Å². The van der Waals surface area contributed by atoms with Gasteiger partial charge in [-0.2, -0.15) is 0 Å². The summed E-state index contributed by atoms with van der Waals surface area (Å²) in [5.74, 6) is -1.73. The van der Waals surface area contributed by atoms with Gasteiger partial charge in [-0.15, -0.1) is 0 Å². The van der Waals surface area contributed by atoms with Crippen LogP contribution in [0, 0.1) is 5.82 Å². The van der Waals surface area contributed by atoms with Crippen molar-refractivity contribution in [2.75, 3.05) is 0 Å². The minimum Gasteiger partial charge on any atom is -0.479 e. The average Bonchev–Trinajstić information content (AvgIpc) is 2.08. The summed E-state index contributed by atoms with van der Waals surface area (Å²) in [6.45, 7) is 1.34. The maximum Gasteiger partial charge on any atom is 0.344 e. The van der Waals surface area contributed by atoms with E-state index in [1.807, 2.05) is 0 Å². The van der Waals surface area contributed by atoms with Crippen LogP contribution in [0.15, 0.2) is 24.3 Å². The van der Waals surface area contributed by atoms with E-state index < -0.39 is 17.9 Å². The first-order valence-electron chi connectivity index (χ1n) is 3.75. The normalized spacial score (nSPS) is 12.2. The molecule has 1 N–H and O–H groups in total. The van der Waals surface area contributed by atoms with Crippen LogP contribution < -0.4 is 4.74 Å². The number of carboxylic acids is 1. The van der Waals surface area contributed by atoms with E-state index in [4.69, 9.17) is 9.84 Å². The third kappa shape index (κ3) is 2.43. The van der Waals surface area contributed by atoms with Gasteiger partial charge in [0, 0.05) is 0 Å². The molecule has 0 aliphatic heterocycles. The van der Waals surface area contributed by atoms with Crippen molar-refractivity contribution in [2.24, 2.45) is 0 Å². The van der Waals surface area contributed by atoms with E-state index in [0.29, 0.717) is 0 Å². The fourth-order valence-electron chi connectivity index (χ4n) is 0.781. The highest BCUT2D eigenvalue weighted by molar-refractivity contribution is 5.72. The van der Waals surface area contributed by atoms with E-state index in [9.17, 15) is 9.18 Å². The third-order valence-corrected chi connectivity index (χ3v) is 1.49. The van der Waals surface area contributed by atoms with Gasteiger partial charge in [0.2, 0.25) is 0 Å². The van der Waals surface area contributed by atoms with Crippen LogP contribution in [0.25, 0.3) is 0 Å². The highest BCUT2D eigenvalue weighted by atomic mass is 19.1. The average molecular weight is 184 g/mol. The van der Waals surface area contributed by atoms with Gasteiger partial charge in [-0.3, -0.25) is 0 Å². The minimum atomic E-state index is -1.12. The molecule has 13 heavy (non-hydrogen) atoms. The van der Waals surface area contributed by atoms with E-state index in [2.05, 4.69) is 0 Å². The second-order valence-electron chi connectivity index (χ2n) is 2.53. The summed E-state index contributed by atoms with van der Waals surface area (Å²) >= 11 is 0. The molecule has 0 unspecified atom stereocenters. The highest BCUT2D eigenvalue weighted by Gasteiger charge is 2.13. The zero-order valence-corrected chi connectivity index (χ0v) is 7.03. The monoisotopic (exact) mass is 184 g/mol.